The molecule has 0 aromatic rings. The van der Waals surface area contributed by atoms with Crippen LogP contribution in [0.25, 0.3) is 0 Å². The van der Waals surface area contributed by atoms with E-state index < -0.39 is 5.54 Å². The first-order chi connectivity index (χ1) is 8.29. The molecule has 2 aliphatic heterocycles. The molecule has 2 aliphatic rings. The molecule has 0 aromatic carbocycles. The highest BCUT2D eigenvalue weighted by atomic mass is 16.5. The number of ether oxygens (including phenoxy) is 2. The van der Waals surface area contributed by atoms with E-state index in [9.17, 15) is 4.79 Å². The molecule has 98 valence electrons. The number of hydrogen-bond acceptors (Lipinski definition) is 5. The summed E-state index contributed by atoms with van der Waals surface area (Å²) < 4.78 is 10.7. The number of carbonyl (C=O) groups is 1. The number of nitrogens with zero attached hydrogens (tertiary/aromatic N) is 1. The lowest BCUT2D eigenvalue weighted by molar-refractivity contribution is -0.158. The van der Waals surface area contributed by atoms with Crippen LogP contribution >= 0.6 is 0 Å². The summed E-state index contributed by atoms with van der Waals surface area (Å²) in [6.45, 7) is 7.21. The Morgan fingerprint density at radius 3 is 3.06 bits per heavy atom. The van der Waals surface area contributed by atoms with E-state index in [1.54, 1.807) is 0 Å². The Morgan fingerprint density at radius 2 is 2.35 bits per heavy atom. The molecule has 0 spiro atoms. The van der Waals surface area contributed by atoms with Gasteiger partial charge in [-0.2, -0.15) is 0 Å². The molecule has 1 N–H and O–H groups in total. The van der Waals surface area contributed by atoms with E-state index in [-0.39, 0.29) is 5.97 Å². The predicted molar refractivity (Wildman–Crippen MR) is 63.9 cm³/mol. The van der Waals surface area contributed by atoms with Crippen LogP contribution in [0.2, 0.25) is 0 Å². The van der Waals surface area contributed by atoms with Crippen molar-refractivity contribution in [2.45, 2.75) is 25.3 Å². The Kier molecular flexibility index (Phi) is 4.36. The van der Waals surface area contributed by atoms with Gasteiger partial charge in [0.15, 0.2) is 0 Å². The monoisotopic (exact) mass is 242 g/mol. The summed E-state index contributed by atoms with van der Waals surface area (Å²) in [6.07, 6.45) is 1.83. The molecule has 2 saturated heterocycles. The predicted octanol–water partition coefficient (Wildman–Crippen LogP) is 0.00390. The van der Waals surface area contributed by atoms with Gasteiger partial charge in [0.05, 0.1) is 13.2 Å². The van der Waals surface area contributed by atoms with Crippen LogP contribution in [0.1, 0.15) is 19.8 Å². The van der Waals surface area contributed by atoms with Crippen molar-refractivity contribution in [3.05, 3.63) is 0 Å². The van der Waals surface area contributed by atoms with Crippen molar-refractivity contribution in [2.24, 2.45) is 0 Å². The summed E-state index contributed by atoms with van der Waals surface area (Å²) in [7, 11) is 0. The van der Waals surface area contributed by atoms with Gasteiger partial charge in [-0.25, -0.2) is 4.79 Å². The minimum Gasteiger partial charge on any atom is -0.465 e. The lowest BCUT2D eigenvalue weighted by Gasteiger charge is -2.36. The SMILES string of the molecule is CCOC(=O)C1(N2CCCNCC2)CCOC1. The van der Waals surface area contributed by atoms with Crippen LogP contribution in [0.3, 0.4) is 0 Å². The van der Waals surface area contributed by atoms with Crippen molar-refractivity contribution in [1.82, 2.24) is 10.2 Å². The third kappa shape index (κ3) is 2.61. The van der Waals surface area contributed by atoms with Gasteiger partial charge < -0.3 is 14.8 Å². The van der Waals surface area contributed by atoms with Crippen molar-refractivity contribution in [3.63, 3.8) is 0 Å². The van der Waals surface area contributed by atoms with E-state index in [1.165, 1.54) is 0 Å². The number of carbonyl (C=O) groups excluding carboxylic acids is 1. The fraction of sp³-hybridized carbons (Fsp3) is 0.917. The Labute approximate surface area is 102 Å². The minimum atomic E-state index is -0.526. The van der Waals surface area contributed by atoms with Crippen molar-refractivity contribution in [3.8, 4) is 0 Å². The largest absolute Gasteiger partial charge is 0.465 e. The van der Waals surface area contributed by atoms with Gasteiger partial charge in [-0.3, -0.25) is 4.90 Å². The molecule has 0 amide bonds. The molecule has 0 saturated carbocycles. The first kappa shape index (κ1) is 12.8. The van der Waals surface area contributed by atoms with Crippen molar-refractivity contribution in [1.29, 1.82) is 0 Å². The topological polar surface area (TPSA) is 50.8 Å². The molecule has 0 radical (unpaired) electrons. The van der Waals surface area contributed by atoms with Crippen LogP contribution in [0, 0.1) is 0 Å². The smallest absolute Gasteiger partial charge is 0.329 e. The van der Waals surface area contributed by atoms with E-state index >= 15 is 0 Å². The molecule has 0 bridgehead atoms. The molecule has 1 atom stereocenters. The zero-order chi connectivity index (χ0) is 12.1. The lowest BCUT2D eigenvalue weighted by Crippen LogP contribution is -2.57. The average molecular weight is 242 g/mol. The lowest BCUT2D eigenvalue weighted by atomic mass is 9.96. The van der Waals surface area contributed by atoms with Crippen LogP contribution in [-0.2, 0) is 14.3 Å². The Hall–Kier alpha value is -0.650. The summed E-state index contributed by atoms with van der Waals surface area (Å²) in [4.78, 5) is 14.5. The quantitative estimate of drug-likeness (QED) is 0.706. The number of hydrogen-bond donors (Lipinski definition) is 1. The summed E-state index contributed by atoms with van der Waals surface area (Å²) >= 11 is 0. The maximum atomic E-state index is 12.2. The average Bonchev–Trinajstić information content (AvgIpc) is 2.67. The first-order valence-corrected chi connectivity index (χ1v) is 6.50. The van der Waals surface area contributed by atoms with Crippen LogP contribution in [-0.4, -0.2) is 62.4 Å². The zero-order valence-electron chi connectivity index (χ0n) is 10.5. The van der Waals surface area contributed by atoms with Crippen LogP contribution < -0.4 is 5.32 Å². The minimum absolute atomic E-state index is 0.112. The normalized spacial score (nSPS) is 31.1. The van der Waals surface area contributed by atoms with Gasteiger partial charge >= 0.3 is 5.97 Å². The summed E-state index contributed by atoms with van der Waals surface area (Å²) in [5, 5.41) is 3.35. The van der Waals surface area contributed by atoms with Crippen molar-refractivity contribution < 1.29 is 14.3 Å². The van der Waals surface area contributed by atoms with Gasteiger partial charge in [0.2, 0.25) is 0 Å². The van der Waals surface area contributed by atoms with Gasteiger partial charge in [0.25, 0.3) is 0 Å². The van der Waals surface area contributed by atoms with Crippen molar-refractivity contribution >= 4 is 5.97 Å². The van der Waals surface area contributed by atoms with Crippen LogP contribution in [0.4, 0.5) is 0 Å². The Bertz CT molecular complexity index is 256. The summed E-state index contributed by atoms with van der Waals surface area (Å²) in [6, 6.07) is 0. The Balaban J connectivity index is 2.11. The highest BCUT2D eigenvalue weighted by molar-refractivity contribution is 5.81. The number of nitrogens with one attached hydrogen (secondary N) is 1. The molecule has 5 nitrogen and oxygen atoms in total. The van der Waals surface area contributed by atoms with E-state index in [0.29, 0.717) is 19.8 Å². The number of esters is 1. The maximum absolute atomic E-state index is 12.2. The van der Waals surface area contributed by atoms with Gasteiger partial charge in [-0.05, 0) is 19.9 Å². The standard InChI is InChI=1S/C12H22N2O3/c1-2-17-11(15)12(4-9-16-10-12)14-7-3-5-13-6-8-14/h13H,2-10H2,1H3. The fourth-order valence-corrected chi connectivity index (χ4v) is 2.63. The molecular weight excluding hydrogens is 220 g/mol. The first-order valence-electron chi connectivity index (χ1n) is 6.50. The second kappa shape index (κ2) is 5.80. The second-order valence-corrected chi connectivity index (χ2v) is 4.65. The molecule has 1 unspecified atom stereocenters. The second-order valence-electron chi connectivity index (χ2n) is 4.65. The molecule has 0 aromatic heterocycles. The molecule has 17 heavy (non-hydrogen) atoms. The zero-order valence-corrected chi connectivity index (χ0v) is 10.5. The molecule has 2 rings (SSSR count). The summed E-state index contributed by atoms with van der Waals surface area (Å²) in [5.41, 5.74) is -0.526. The molecule has 2 heterocycles. The van der Waals surface area contributed by atoms with E-state index in [2.05, 4.69) is 10.2 Å². The van der Waals surface area contributed by atoms with Gasteiger partial charge in [-0.1, -0.05) is 0 Å². The molecule has 0 aliphatic carbocycles. The fourth-order valence-electron chi connectivity index (χ4n) is 2.63. The summed E-state index contributed by atoms with van der Waals surface area (Å²) in [5.74, 6) is -0.112. The molecule has 2 fully saturated rings. The maximum Gasteiger partial charge on any atom is 0.329 e. The van der Waals surface area contributed by atoms with E-state index in [0.717, 1.165) is 39.0 Å². The van der Waals surface area contributed by atoms with Crippen molar-refractivity contribution in [2.75, 3.05) is 46.0 Å². The Morgan fingerprint density at radius 1 is 1.47 bits per heavy atom. The van der Waals surface area contributed by atoms with Gasteiger partial charge in [0, 0.05) is 32.7 Å². The van der Waals surface area contributed by atoms with E-state index in [1.807, 2.05) is 6.92 Å². The number of rotatable bonds is 3. The van der Waals surface area contributed by atoms with Crippen LogP contribution in [0.15, 0.2) is 0 Å². The molecule has 5 heteroatoms. The highest BCUT2D eigenvalue weighted by Gasteiger charge is 2.48. The molecular formula is C12H22N2O3. The van der Waals surface area contributed by atoms with Gasteiger partial charge in [0.1, 0.15) is 5.54 Å². The highest BCUT2D eigenvalue weighted by Crippen LogP contribution is 2.28. The van der Waals surface area contributed by atoms with Crippen LogP contribution in [0.5, 0.6) is 0 Å². The third-order valence-corrected chi connectivity index (χ3v) is 3.60. The van der Waals surface area contributed by atoms with E-state index in [4.69, 9.17) is 9.47 Å². The van der Waals surface area contributed by atoms with Gasteiger partial charge in [-0.15, -0.1) is 0 Å². The third-order valence-electron chi connectivity index (χ3n) is 3.60.